The zero-order valence-electron chi connectivity index (χ0n) is 11.4. The minimum atomic E-state index is -0.538. The van der Waals surface area contributed by atoms with Gasteiger partial charge in [0, 0.05) is 5.69 Å². The van der Waals surface area contributed by atoms with Crippen LogP contribution in [0.2, 0.25) is 0 Å². The highest BCUT2D eigenvalue weighted by Gasteiger charge is 2.19. The highest BCUT2D eigenvalue weighted by Crippen LogP contribution is 2.28. The molecule has 2 rings (SSSR count). The van der Waals surface area contributed by atoms with E-state index in [-0.39, 0.29) is 5.91 Å². The molecule has 100 valence electrons. The van der Waals surface area contributed by atoms with Crippen molar-refractivity contribution in [2.24, 2.45) is 5.92 Å². The van der Waals surface area contributed by atoms with Crippen molar-refractivity contribution in [2.75, 3.05) is 5.32 Å². The van der Waals surface area contributed by atoms with Crippen LogP contribution in [0.5, 0.6) is 0 Å². The third kappa shape index (κ3) is 3.14. The number of anilines is 1. The van der Waals surface area contributed by atoms with Gasteiger partial charge in [0.05, 0.1) is 6.07 Å². The Balaban J connectivity index is 2.15. The second-order valence-corrected chi connectivity index (χ2v) is 5.11. The molecule has 3 nitrogen and oxygen atoms in total. The zero-order valence-corrected chi connectivity index (χ0v) is 11.4. The van der Waals surface area contributed by atoms with Crippen molar-refractivity contribution < 1.29 is 4.79 Å². The normalized spacial score (nSPS) is 15.2. The maximum absolute atomic E-state index is 12.1. The van der Waals surface area contributed by atoms with Crippen molar-refractivity contribution in [3.63, 3.8) is 0 Å². The topological polar surface area (TPSA) is 52.9 Å². The van der Waals surface area contributed by atoms with Crippen molar-refractivity contribution in [3.8, 4) is 6.07 Å². The molecule has 0 heterocycles. The van der Waals surface area contributed by atoms with E-state index in [1.54, 1.807) is 0 Å². The summed E-state index contributed by atoms with van der Waals surface area (Å²) in [5, 5.41) is 12.0. The van der Waals surface area contributed by atoms with Crippen molar-refractivity contribution in [1.29, 1.82) is 5.26 Å². The third-order valence-electron chi connectivity index (χ3n) is 3.70. The Kier molecular flexibility index (Phi) is 4.57. The number of carbonyl (C=O) groups excluding carboxylic acids is 1. The van der Waals surface area contributed by atoms with E-state index in [1.165, 1.54) is 24.0 Å². The van der Waals surface area contributed by atoms with Crippen molar-refractivity contribution in [2.45, 2.75) is 45.4 Å². The predicted molar refractivity (Wildman–Crippen MR) is 75.7 cm³/mol. The van der Waals surface area contributed by atoms with E-state index >= 15 is 0 Å². The van der Waals surface area contributed by atoms with Crippen LogP contribution in [0.1, 0.15) is 43.7 Å². The van der Waals surface area contributed by atoms with Crippen molar-refractivity contribution in [1.82, 2.24) is 0 Å². The number of hydrogen-bond acceptors (Lipinski definition) is 2. The zero-order chi connectivity index (χ0) is 13.7. The lowest BCUT2D eigenvalue weighted by molar-refractivity contribution is -0.118. The average molecular weight is 256 g/mol. The van der Waals surface area contributed by atoms with Gasteiger partial charge in [-0.05, 0) is 49.3 Å². The molecule has 0 saturated carbocycles. The summed E-state index contributed by atoms with van der Waals surface area (Å²) in [7, 11) is 0. The first-order valence-corrected chi connectivity index (χ1v) is 7.07. The van der Waals surface area contributed by atoms with Crippen LogP contribution >= 0.6 is 0 Å². The molecule has 0 aromatic heterocycles. The Morgan fingerprint density at radius 3 is 2.95 bits per heavy atom. The molecule has 1 unspecified atom stereocenters. The van der Waals surface area contributed by atoms with Gasteiger partial charge in [-0.15, -0.1) is 0 Å². The molecule has 1 aliphatic carbocycles. The maximum atomic E-state index is 12.1. The van der Waals surface area contributed by atoms with Crippen molar-refractivity contribution in [3.05, 3.63) is 29.3 Å². The molecule has 3 heteroatoms. The molecular formula is C16H20N2O. The lowest BCUT2D eigenvalue weighted by atomic mass is 9.90. The molecule has 1 aromatic carbocycles. The first-order chi connectivity index (χ1) is 9.26. The van der Waals surface area contributed by atoms with Crippen molar-refractivity contribution >= 4 is 11.6 Å². The van der Waals surface area contributed by atoms with Crippen LogP contribution in [-0.2, 0) is 17.6 Å². The van der Waals surface area contributed by atoms with Crippen LogP contribution in [0, 0.1) is 17.2 Å². The van der Waals surface area contributed by atoms with Crippen LogP contribution in [0.25, 0.3) is 0 Å². The molecular weight excluding hydrogens is 236 g/mol. The molecule has 1 aromatic rings. The van der Waals surface area contributed by atoms with Crippen LogP contribution in [0.3, 0.4) is 0 Å². The number of rotatable bonds is 4. The SMILES string of the molecule is CCCC(C#N)C(=O)Nc1cccc2c1CCCC2. The quantitative estimate of drug-likeness (QED) is 0.897. The van der Waals surface area contributed by atoms with Gasteiger partial charge in [-0.25, -0.2) is 0 Å². The van der Waals surface area contributed by atoms with Crippen LogP contribution in [-0.4, -0.2) is 5.91 Å². The van der Waals surface area contributed by atoms with Gasteiger partial charge in [0.1, 0.15) is 5.92 Å². The summed E-state index contributed by atoms with van der Waals surface area (Å²) in [5.74, 6) is -0.701. The minimum absolute atomic E-state index is 0.164. The molecule has 0 aliphatic heterocycles. The first kappa shape index (κ1) is 13.6. The molecule has 0 saturated heterocycles. The fourth-order valence-electron chi connectivity index (χ4n) is 2.66. The molecule has 0 spiro atoms. The molecule has 0 radical (unpaired) electrons. The summed E-state index contributed by atoms with van der Waals surface area (Å²) in [6.07, 6.45) is 5.99. The second kappa shape index (κ2) is 6.38. The number of nitriles is 1. The van der Waals surface area contributed by atoms with E-state index < -0.39 is 5.92 Å². The summed E-state index contributed by atoms with van der Waals surface area (Å²) < 4.78 is 0. The van der Waals surface area contributed by atoms with Gasteiger partial charge >= 0.3 is 0 Å². The number of nitrogens with one attached hydrogen (secondary N) is 1. The van der Waals surface area contributed by atoms with Crippen LogP contribution < -0.4 is 5.32 Å². The highest BCUT2D eigenvalue weighted by atomic mass is 16.1. The molecule has 1 aliphatic rings. The first-order valence-electron chi connectivity index (χ1n) is 7.07. The van der Waals surface area contributed by atoms with Gasteiger partial charge in [-0.2, -0.15) is 5.26 Å². The smallest absolute Gasteiger partial charge is 0.241 e. The van der Waals surface area contributed by atoms with Gasteiger partial charge in [0.15, 0.2) is 0 Å². The number of aryl methyl sites for hydroxylation is 1. The fourth-order valence-corrected chi connectivity index (χ4v) is 2.66. The van der Waals surface area contributed by atoms with Gasteiger partial charge < -0.3 is 5.32 Å². The average Bonchev–Trinajstić information content (AvgIpc) is 2.45. The molecule has 19 heavy (non-hydrogen) atoms. The van der Waals surface area contributed by atoms with Gasteiger partial charge in [0.2, 0.25) is 5.91 Å². The Hall–Kier alpha value is -1.82. The van der Waals surface area contributed by atoms with Crippen LogP contribution in [0.4, 0.5) is 5.69 Å². The van der Waals surface area contributed by atoms with Crippen LogP contribution in [0.15, 0.2) is 18.2 Å². The summed E-state index contributed by atoms with van der Waals surface area (Å²) in [4.78, 5) is 12.1. The molecule has 1 atom stereocenters. The van der Waals surface area contributed by atoms with Gasteiger partial charge in [0.25, 0.3) is 0 Å². The molecule has 0 bridgehead atoms. The summed E-state index contributed by atoms with van der Waals surface area (Å²) in [6, 6.07) is 8.16. The lowest BCUT2D eigenvalue weighted by Gasteiger charge is -2.20. The predicted octanol–water partition coefficient (Wildman–Crippen LogP) is 3.44. The van der Waals surface area contributed by atoms with Gasteiger partial charge in [-0.1, -0.05) is 25.5 Å². The van der Waals surface area contributed by atoms with E-state index in [1.807, 2.05) is 19.1 Å². The van der Waals surface area contributed by atoms with E-state index in [4.69, 9.17) is 5.26 Å². The number of hydrogen-bond donors (Lipinski definition) is 1. The van der Waals surface area contributed by atoms with E-state index in [0.717, 1.165) is 24.9 Å². The second-order valence-electron chi connectivity index (χ2n) is 5.11. The Morgan fingerprint density at radius 1 is 1.42 bits per heavy atom. The Bertz CT molecular complexity index is 502. The van der Waals surface area contributed by atoms with E-state index in [2.05, 4.69) is 17.5 Å². The fraction of sp³-hybridized carbons (Fsp3) is 0.500. The van der Waals surface area contributed by atoms with Gasteiger partial charge in [-0.3, -0.25) is 4.79 Å². The molecule has 1 N–H and O–H groups in total. The summed E-state index contributed by atoms with van der Waals surface area (Å²) in [6.45, 7) is 1.99. The number of amides is 1. The maximum Gasteiger partial charge on any atom is 0.241 e. The number of nitrogens with zero attached hydrogens (tertiary/aromatic N) is 1. The largest absolute Gasteiger partial charge is 0.325 e. The monoisotopic (exact) mass is 256 g/mol. The molecule has 1 amide bonds. The number of fused-ring (bicyclic) bond motifs is 1. The summed E-state index contributed by atoms with van der Waals surface area (Å²) >= 11 is 0. The lowest BCUT2D eigenvalue weighted by Crippen LogP contribution is -2.22. The van der Waals surface area contributed by atoms with E-state index in [9.17, 15) is 4.79 Å². The number of carbonyl (C=O) groups is 1. The standard InChI is InChI=1S/C16H20N2O/c1-2-6-13(11-17)16(19)18-15-10-5-8-12-7-3-4-9-14(12)15/h5,8,10,13H,2-4,6-7,9H2,1H3,(H,18,19). The Labute approximate surface area is 114 Å². The van der Waals surface area contributed by atoms with E-state index in [0.29, 0.717) is 6.42 Å². The summed E-state index contributed by atoms with van der Waals surface area (Å²) in [5.41, 5.74) is 3.50. The third-order valence-corrected chi connectivity index (χ3v) is 3.70. The molecule has 0 fully saturated rings. The highest BCUT2D eigenvalue weighted by molar-refractivity contribution is 5.95. The Morgan fingerprint density at radius 2 is 2.21 bits per heavy atom. The minimum Gasteiger partial charge on any atom is -0.325 e. The number of benzene rings is 1.